The molecule has 37 heavy (non-hydrogen) atoms. The highest BCUT2D eigenvalue weighted by molar-refractivity contribution is 5.66. The number of nitrogens with zero attached hydrogens (tertiary/aromatic N) is 1. The molecule has 0 aliphatic rings. The molecule has 0 amide bonds. The fraction of sp³-hybridized carbons (Fsp3) is 0.357. The predicted molar refractivity (Wildman–Crippen MR) is 137 cm³/mol. The number of benzene rings is 2. The topological polar surface area (TPSA) is 83.5 Å². The summed E-state index contributed by atoms with van der Waals surface area (Å²) in [6.45, 7) is 5.66. The highest BCUT2D eigenvalue weighted by Crippen LogP contribution is 2.31. The molecule has 198 valence electrons. The van der Waals surface area contributed by atoms with Crippen molar-refractivity contribution in [2.24, 2.45) is 5.92 Å². The van der Waals surface area contributed by atoms with E-state index in [4.69, 9.17) is 9.84 Å². The van der Waals surface area contributed by atoms with Crippen molar-refractivity contribution in [1.29, 1.82) is 0 Å². The largest absolute Gasteiger partial charge is 0.481 e. The number of carboxylic acids is 1. The second-order valence-electron chi connectivity index (χ2n) is 8.93. The van der Waals surface area contributed by atoms with Gasteiger partial charge >= 0.3 is 12.1 Å². The number of hydrogen-bond acceptors (Lipinski definition) is 5. The van der Waals surface area contributed by atoms with Gasteiger partial charge in [-0.1, -0.05) is 44.5 Å². The van der Waals surface area contributed by atoms with E-state index in [1.807, 2.05) is 24.3 Å². The molecule has 1 aromatic heterocycles. The van der Waals surface area contributed by atoms with E-state index >= 15 is 0 Å². The van der Waals surface area contributed by atoms with Crippen LogP contribution in [0.25, 0.3) is 11.1 Å². The molecule has 0 fully saturated rings. The Bertz CT molecular complexity index is 1120. The number of pyridine rings is 1. The van der Waals surface area contributed by atoms with Crippen molar-refractivity contribution in [2.45, 2.75) is 45.5 Å². The lowest BCUT2D eigenvalue weighted by Gasteiger charge is -2.25. The summed E-state index contributed by atoms with van der Waals surface area (Å²) in [6, 6.07) is 16.5. The third kappa shape index (κ3) is 8.78. The van der Waals surface area contributed by atoms with Gasteiger partial charge in [0.25, 0.3) is 0 Å². The molecule has 0 radical (unpaired) electrons. The monoisotopic (exact) mass is 515 g/mol. The highest BCUT2D eigenvalue weighted by atomic mass is 19.4. The molecule has 0 aliphatic heterocycles. The van der Waals surface area contributed by atoms with Crippen molar-refractivity contribution in [3.05, 3.63) is 78.0 Å². The predicted octanol–water partition coefficient (Wildman–Crippen LogP) is 6.24. The van der Waals surface area contributed by atoms with Gasteiger partial charge in [-0.2, -0.15) is 13.2 Å². The van der Waals surface area contributed by atoms with Gasteiger partial charge < -0.3 is 20.5 Å². The zero-order valence-electron chi connectivity index (χ0n) is 20.9. The smallest absolute Gasteiger partial charge is 0.416 e. The van der Waals surface area contributed by atoms with Crippen LogP contribution in [0.4, 0.5) is 18.9 Å². The highest BCUT2D eigenvalue weighted by Gasteiger charge is 2.30. The van der Waals surface area contributed by atoms with Gasteiger partial charge in [0.1, 0.15) is 6.61 Å². The Kier molecular flexibility index (Phi) is 9.91. The Morgan fingerprint density at radius 1 is 1.03 bits per heavy atom. The van der Waals surface area contributed by atoms with Crippen molar-refractivity contribution in [1.82, 2.24) is 10.3 Å². The Labute approximate surface area is 214 Å². The van der Waals surface area contributed by atoms with Crippen LogP contribution in [0.1, 0.15) is 37.8 Å². The van der Waals surface area contributed by atoms with E-state index in [0.717, 1.165) is 29.8 Å². The summed E-state index contributed by atoms with van der Waals surface area (Å²) in [5, 5.41) is 15.3. The first kappa shape index (κ1) is 28.0. The molecule has 0 saturated carbocycles. The first-order valence-electron chi connectivity index (χ1n) is 12.2. The summed E-state index contributed by atoms with van der Waals surface area (Å²) < 4.78 is 44.3. The zero-order valence-corrected chi connectivity index (χ0v) is 20.9. The molecule has 3 aromatic rings. The number of hydrogen-bond donors (Lipinski definition) is 3. The molecular formula is C28H32F3N3O3. The van der Waals surface area contributed by atoms with Gasteiger partial charge in [0.15, 0.2) is 0 Å². The fourth-order valence-electron chi connectivity index (χ4n) is 3.66. The lowest BCUT2D eigenvalue weighted by molar-refractivity contribution is -0.138. The molecule has 6 nitrogen and oxygen atoms in total. The van der Waals surface area contributed by atoms with Crippen LogP contribution >= 0.6 is 0 Å². The number of halogens is 3. The summed E-state index contributed by atoms with van der Waals surface area (Å²) >= 11 is 0. The number of rotatable bonds is 13. The summed E-state index contributed by atoms with van der Waals surface area (Å²) in [6.07, 6.45) is -1.74. The van der Waals surface area contributed by atoms with E-state index < -0.39 is 17.7 Å². The molecule has 0 aliphatic carbocycles. The van der Waals surface area contributed by atoms with Crippen LogP contribution in [-0.2, 0) is 17.5 Å². The first-order valence-corrected chi connectivity index (χ1v) is 12.2. The number of aromatic nitrogens is 1. The minimum atomic E-state index is -4.36. The van der Waals surface area contributed by atoms with Gasteiger partial charge in [-0.15, -0.1) is 0 Å². The SMILES string of the molecule is CC[C@H](C)[C@@H](COc1ccc(-c2ccc(C(F)(F)F)cc2)cn1)Nc1ccc(CNCCC(=O)O)cc1. The maximum absolute atomic E-state index is 12.8. The number of aliphatic carboxylic acids is 1. The standard InChI is InChI=1S/C28H32F3N3O3/c1-3-19(2)25(34-24-11-4-20(5-12-24)16-32-15-14-27(35)36)18-37-26-13-8-22(17-33-26)21-6-9-23(10-7-21)28(29,30)31/h4-13,17,19,25,32,34H,3,14-16,18H2,1-2H3,(H,35,36)/t19-,25+/m0/s1. The molecular weight excluding hydrogens is 483 g/mol. The Morgan fingerprint density at radius 2 is 1.70 bits per heavy atom. The second kappa shape index (κ2) is 13.1. The van der Waals surface area contributed by atoms with E-state index in [2.05, 4.69) is 29.5 Å². The normalized spacial score (nSPS) is 13.1. The van der Waals surface area contributed by atoms with E-state index in [0.29, 0.717) is 42.6 Å². The van der Waals surface area contributed by atoms with Crippen molar-refractivity contribution in [3.63, 3.8) is 0 Å². The van der Waals surface area contributed by atoms with Gasteiger partial charge in [0, 0.05) is 36.6 Å². The van der Waals surface area contributed by atoms with Gasteiger partial charge in [-0.05, 0) is 47.4 Å². The molecule has 3 N–H and O–H groups in total. The van der Waals surface area contributed by atoms with Crippen LogP contribution < -0.4 is 15.4 Å². The quantitative estimate of drug-likeness (QED) is 0.234. The van der Waals surface area contributed by atoms with E-state index in [1.54, 1.807) is 18.3 Å². The van der Waals surface area contributed by atoms with Gasteiger partial charge in [0.05, 0.1) is 18.0 Å². The molecule has 1 heterocycles. The first-order chi connectivity index (χ1) is 17.7. The second-order valence-corrected chi connectivity index (χ2v) is 8.93. The van der Waals surface area contributed by atoms with Gasteiger partial charge in [-0.3, -0.25) is 4.79 Å². The van der Waals surface area contributed by atoms with E-state index in [9.17, 15) is 18.0 Å². The van der Waals surface area contributed by atoms with Gasteiger partial charge in [0.2, 0.25) is 5.88 Å². The van der Waals surface area contributed by atoms with E-state index in [-0.39, 0.29) is 12.5 Å². The van der Waals surface area contributed by atoms with Crippen LogP contribution in [0.2, 0.25) is 0 Å². The third-order valence-electron chi connectivity index (χ3n) is 6.17. The van der Waals surface area contributed by atoms with Crippen molar-refractivity contribution in [2.75, 3.05) is 18.5 Å². The third-order valence-corrected chi connectivity index (χ3v) is 6.17. The molecule has 2 aromatic carbocycles. The number of alkyl halides is 3. The molecule has 0 saturated heterocycles. The molecule has 2 atom stereocenters. The average Bonchev–Trinajstić information content (AvgIpc) is 2.89. The average molecular weight is 516 g/mol. The zero-order chi connectivity index (χ0) is 26.8. The molecule has 9 heteroatoms. The summed E-state index contributed by atoms with van der Waals surface area (Å²) in [5.41, 5.74) is 2.68. The van der Waals surface area contributed by atoms with Crippen LogP contribution in [-0.4, -0.2) is 35.3 Å². The van der Waals surface area contributed by atoms with Crippen LogP contribution in [0.15, 0.2) is 66.9 Å². The fourth-order valence-corrected chi connectivity index (χ4v) is 3.66. The number of carbonyl (C=O) groups is 1. The van der Waals surface area contributed by atoms with Crippen molar-refractivity contribution >= 4 is 11.7 Å². The lowest BCUT2D eigenvalue weighted by atomic mass is 9.99. The number of carboxylic acid groups (broad SMARTS) is 1. The minimum absolute atomic E-state index is 0.0286. The van der Waals surface area contributed by atoms with Crippen LogP contribution in [0.5, 0.6) is 5.88 Å². The van der Waals surface area contributed by atoms with Crippen LogP contribution in [0.3, 0.4) is 0 Å². The lowest BCUT2D eigenvalue weighted by Crippen LogP contribution is -2.33. The van der Waals surface area contributed by atoms with Crippen molar-refractivity contribution < 1.29 is 27.8 Å². The summed E-state index contributed by atoms with van der Waals surface area (Å²) in [5.74, 6) is -0.0621. The minimum Gasteiger partial charge on any atom is -0.481 e. The molecule has 3 rings (SSSR count). The Balaban J connectivity index is 1.56. The number of nitrogens with one attached hydrogen (secondary N) is 2. The van der Waals surface area contributed by atoms with Crippen molar-refractivity contribution in [3.8, 4) is 17.0 Å². The molecule has 0 bridgehead atoms. The number of anilines is 1. The molecule has 0 unspecified atom stereocenters. The maximum Gasteiger partial charge on any atom is 0.416 e. The molecule has 0 spiro atoms. The Morgan fingerprint density at radius 3 is 2.27 bits per heavy atom. The maximum atomic E-state index is 12.8. The van der Waals surface area contributed by atoms with Gasteiger partial charge in [-0.25, -0.2) is 4.98 Å². The summed E-state index contributed by atoms with van der Waals surface area (Å²) in [7, 11) is 0. The number of ether oxygens (including phenoxy) is 1. The van der Waals surface area contributed by atoms with Crippen LogP contribution in [0, 0.1) is 5.92 Å². The summed E-state index contributed by atoms with van der Waals surface area (Å²) in [4.78, 5) is 14.9. The van der Waals surface area contributed by atoms with E-state index in [1.165, 1.54) is 12.1 Å². The Hall–Kier alpha value is -3.59.